The van der Waals surface area contributed by atoms with Gasteiger partial charge >= 0.3 is 7.12 Å². The van der Waals surface area contributed by atoms with E-state index in [4.69, 9.17) is 9.31 Å². The topological polar surface area (TPSA) is 67.4 Å². The number of hydrogen-bond acceptors (Lipinski definition) is 4. The summed E-state index contributed by atoms with van der Waals surface area (Å²) in [5, 5.41) is 10.3. The van der Waals surface area contributed by atoms with Crippen molar-refractivity contribution in [1.82, 2.24) is 9.97 Å². The van der Waals surface area contributed by atoms with E-state index in [1.165, 1.54) is 0 Å². The van der Waals surface area contributed by atoms with Gasteiger partial charge in [0.1, 0.15) is 5.65 Å². The average Bonchev–Trinajstić information content (AvgIpc) is 2.74. The molecule has 0 spiro atoms. The van der Waals surface area contributed by atoms with Crippen LogP contribution in [0.25, 0.3) is 11.0 Å². The highest BCUT2D eigenvalue weighted by Crippen LogP contribution is 2.36. The van der Waals surface area contributed by atoms with Crippen LogP contribution in [0.15, 0.2) is 18.3 Å². The molecular formula is C13H17BN2O3. The molecule has 0 amide bonds. The van der Waals surface area contributed by atoms with E-state index in [0.717, 1.165) is 10.8 Å². The van der Waals surface area contributed by atoms with Crippen molar-refractivity contribution in [3.63, 3.8) is 0 Å². The number of H-pyrrole nitrogens is 1. The Balaban J connectivity index is 1.97. The minimum absolute atomic E-state index is 0.105. The second kappa shape index (κ2) is 3.74. The van der Waals surface area contributed by atoms with E-state index in [-0.39, 0.29) is 17.1 Å². The number of nitrogens with zero attached hydrogens (tertiary/aromatic N) is 1. The fraction of sp³-hybridized carbons (Fsp3) is 0.462. The first-order valence-corrected chi connectivity index (χ1v) is 6.32. The Morgan fingerprint density at radius 2 is 1.79 bits per heavy atom. The van der Waals surface area contributed by atoms with Gasteiger partial charge in [-0.3, -0.25) is 0 Å². The highest BCUT2D eigenvalue weighted by molar-refractivity contribution is 6.62. The molecule has 0 radical (unpaired) electrons. The molecule has 100 valence electrons. The molecule has 0 unspecified atom stereocenters. The van der Waals surface area contributed by atoms with Crippen molar-refractivity contribution in [3.05, 3.63) is 18.3 Å². The maximum absolute atomic E-state index is 9.42. The van der Waals surface area contributed by atoms with Crippen LogP contribution in [0.5, 0.6) is 5.88 Å². The summed E-state index contributed by atoms with van der Waals surface area (Å²) >= 11 is 0. The number of hydrogen-bond donors (Lipinski definition) is 2. The standard InChI is InChI=1S/C13H17BN2O3/c1-12(2)13(3,4)19-14(18-12)9-5-8-6-10(17)16-11(8)15-7-9/h5-7,17H,1-4H3,(H,15,16). The predicted molar refractivity (Wildman–Crippen MR) is 73.5 cm³/mol. The van der Waals surface area contributed by atoms with Crippen molar-refractivity contribution in [2.24, 2.45) is 0 Å². The van der Waals surface area contributed by atoms with Crippen LogP contribution in [0.4, 0.5) is 0 Å². The van der Waals surface area contributed by atoms with E-state index in [9.17, 15) is 5.11 Å². The Morgan fingerprint density at radius 3 is 2.42 bits per heavy atom. The first-order chi connectivity index (χ1) is 8.78. The van der Waals surface area contributed by atoms with Crippen molar-refractivity contribution < 1.29 is 14.4 Å². The third kappa shape index (κ3) is 1.91. The predicted octanol–water partition coefficient (Wildman–Crippen LogP) is 1.57. The molecule has 2 aromatic rings. The maximum Gasteiger partial charge on any atom is 0.496 e. The zero-order valence-corrected chi connectivity index (χ0v) is 11.5. The van der Waals surface area contributed by atoms with Crippen molar-refractivity contribution in [2.75, 3.05) is 0 Å². The molecule has 2 aromatic heterocycles. The smallest absolute Gasteiger partial charge is 0.495 e. The molecular weight excluding hydrogens is 243 g/mol. The number of pyridine rings is 1. The van der Waals surface area contributed by atoms with Crippen molar-refractivity contribution in [1.29, 1.82) is 0 Å². The highest BCUT2D eigenvalue weighted by atomic mass is 16.7. The molecule has 2 N–H and O–H groups in total. The fourth-order valence-electron chi connectivity index (χ4n) is 2.13. The van der Waals surface area contributed by atoms with Crippen LogP contribution < -0.4 is 5.46 Å². The molecule has 1 saturated heterocycles. The molecule has 1 aliphatic heterocycles. The van der Waals surface area contributed by atoms with Gasteiger partial charge in [0, 0.05) is 23.1 Å². The van der Waals surface area contributed by atoms with Crippen LogP contribution in [0, 0.1) is 0 Å². The summed E-state index contributed by atoms with van der Waals surface area (Å²) in [5.41, 5.74) is 0.766. The zero-order valence-electron chi connectivity index (χ0n) is 11.5. The lowest BCUT2D eigenvalue weighted by molar-refractivity contribution is 0.00578. The van der Waals surface area contributed by atoms with Gasteiger partial charge in [-0.05, 0) is 33.8 Å². The lowest BCUT2D eigenvalue weighted by Gasteiger charge is -2.32. The van der Waals surface area contributed by atoms with Crippen molar-refractivity contribution in [2.45, 2.75) is 38.9 Å². The summed E-state index contributed by atoms with van der Waals surface area (Å²) in [5.74, 6) is 0.105. The van der Waals surface area contributed by atoms with Crippen molar-refractivity contribution in [3.8, 4) is 5.88 Å². The quantitative estimate of drug-likeness (QED) is 0.764. The third-order valence-electron chi connectivity index (χ3n) is 4.00. The minimum atomic E-state index is -0.432. The van der Waals surface area contributed by atoms with Crippen molar-refractivity contribution >= 4 is 23.6 Å². The van der Waals surface area contributed by atoms with Gasteiger partial charge in [0.2, 0.25) is 0 Å². The Morgan fingerprint density at radius 1 is 1.16 bits per heavy atom. The zero-order chi connectivity index (χ0) is 13.8. The molecule has 5 nitrogen and oxygen atoms in total. The second-order valence-electron chi connectivity index (χ2n) is 5.95. The molecule has 1 aliphatic rings. The Kier molecular flexibility index (Phi) is 2.46. The molecule has 19 heavy (non-hydrogen) atoms. The van der Waals surface area contributed by atoms with Gasteiger partial charge in [-0.25, -0.2) is 4.98 Å². The monoisotopic (exact) mass is 260 g/mol. The summed E-state index contributed by atoms with van der Waals surface area (Å²) in [4.78, 5) is 7.04. The van der Waals surface area contributed by atoms with Gasteiger partial charge in [0.25, 0.3) is 0 Å². The van der Waals surface area contributed by atoms with Crippen LogP contribution in [0.2, 0.25) is 0 Å². The Hall–Kier alpha value is -1.53. The molecule has 6 heteroatoms. The van der Waals surface area contributed by atoms with E-state index < -0.39 is 7.12 Å². The lowest BCUT2D eigenvalue weighted by Crippen LogP contribution is -2.41. The molecule has 0 bridgehead atoms. The summed E-state index contributed by atoms with van der Waals surface area (Å²) < 4.78 is 11.9. The number of aromatic amines is 1. The minimum Gasteiger partial charge on any atom is -0.495 e. The van der Waals surface area contributed by atoms with Gasteiger partial charge in [-0.2, -0.15) is 0 Å². The van der Waals surface area contributed by atoms with Crippen LogP contribution in [-0.4, -0.2) is 33.4 Å². The van der Waals surface area contributed by atoms with Crippen LogP contribution in [0.3, 0.4) is 0 Å². The number of fused-ring (bicyclic) bond motifs is 1. The normalized spacial score (nSPS) is 21.2. The first kappa shape index (κ1) is 12.5. The van der Waals surface area contributed by atoms with Gasteiger partial charge in [-0.15, -0.1) is 0 Å². The van der Waals surface area contributed by atoms with E-state index in [2.05, 4.69) is 9.97 Å². The van der Waals surface area contributed by atoms with Gasteiger partial charge in [0.15, 0.2) is 5.88 Å². The van der Waals surface area contributed by atoms with Gasteiger partial charge in [-0.1, -0.05) is 0 Å². The lowest BCUT2D eigenvalue weighted by atomic mass is 9.80. The first-order valence-electron chi connectivity index (χ1n) is 6.32. The summed E-state index contributed by atoms with van der Waals surface area (Å²) in [7, 11) is -0.432. The largest absolute Gasteiger partial charge is 0.496 e. The van der Waals surface area contributed by atoms with Gasteiger partial charge < -0.3 is 19.4 Å². The molecule has 1 fully saturated rings. The van der Waals surface area contributed by atoms with E-state index in [0.29, 0.717) is 5.65 Å². The van der Waals surface area contributed by atoms with E-state index >= 15 is 0 Å². The second-order valence-corrected chi connectivity index (χ2v) is 5.95. The Bertz CT molecular complexity index is 620. The van der Waals surface area contributed by atoms with E-state index in [1.807, 2.05) is 33.8 Å². The third-order valence-corrected chi connectivity index (χ3v) is 4.00. The summed E-state index contributed by atoms with van der Waals surface area (Å²) in [6.45, 7) is 8.06. The van der Waals surface area contributed by atoms with Crippen LogP contribution >= 0.6 is 0 Å². The molecule has 0 atom stereocenters. The summed E-state index contributed by atoms with van der Waals surface area (Å²) in [6, 6.07) is 3.55. The summed E-state index contributed by atoms with van der Waals surface area (Å²) in [6.07, 6.45) is 1.71. The number of aromatic hydroxyl groups is 1. The number of aromatic nitrogens is 2. The van der Waals surface area contributed by atoms with Crippen LogP contribution in [-0.2, 0) is 9.31 Å². The molecule has 3 heterocycles. The Labute approximate surface area is 112 Å². The average molecular weight is 260 g/mol. The SMILES string of the molecule is CC1(C)OB(c2cnc3[nH]c(O)cc3c2)OC1(C)C. The maximum atomic E-state index is 9.42. The van der Waals surface area contributed by atoms with Gasteiger partial charge in [0.05, 0.1) is 11.2 Å². The van der Waals surface area contributed by atoms with Crippen LogP contribution in [0.1, 0.15) is 27.7 Å². The molecule has 0 saturated carbocycles. The molecule has 0 aromatic carbocycles. The number of nitrogens with one attached hydrogen (secondary N) is 1. The molecule has 3 rings (SSSR count). The van der Waals surface area contributed by atoms with E-state index in [1.54, 1.807) is 12.3 Å². The fourth-order valence-corrected chi connectivity index (χ4v) is 2.13. The molecule has 0 aliphatic carbocycles. The number of rotatable bonds is 1. The highest BCUT2D eigenvalue weighted by Gasteiger charge is 2.51.